The normalized spacial score (nSPS) is 13.5. The Balaban J connectivity index is 1.80. The van der Waals surface area contributed by atoms with Crippen molar-refractivity contribution >= 4 is 28.8 Å². The third-order valence-electron chi connectivity index (χ3n) is 5.59. The number of rotatable bonds is 8. The molecule has 6 nitrogen and oxygen atoms in total. The van der Waals surface area contributed by atoms with Crippen LogP contribution >= 0.6 is 0 Å². The van der Waals surface area contributed by atoms with Crippen molar-refractivity contribution in [1.82, 2.24) is 0 Å². The number of nitrogens with zero attached hydrogens (tertiary/aromatic N) is 1. The molecule has 6 heteroatoms. The molecule has 1 heterocycles. The van der Waals surface area contributed by atoms with Crippen LogP contribution in [0.1, 0.15) is 30.0 Å². The molecule has 3 aromatic rings. The quantitative estimate of drug-likeness (QED) is 0.454. The molecule has 0 radical (unpaired) electrons. The Kier molecular flexibility index (Phi) is 6.68. The molecule has 34 heavy (non-hydrogen) atoms. The molecular formula is C28H28N2O4. The third-order valence-corrected chi connectivity index (χ3v) is 5.59. The lowest BCUT2D eigenvalue weighted by Crippen LogP contribution is -2.32. The Hall–Kier alpha value is -4.06. The fraction of sp³-hybridized carbons (Fsp3) is 0.214. The van der Waals surface area contributed by atoms with Crippen LogP contribution in [0.4, 0.5) is 11.4 Å². The van der Waals surface area contributed by atoms with Crippen LogP contribution in [0.2, 0.25) is 0 Å². The van der Waals surface area contributed by atoms with E-state index in [0.29, 0.717) is 40.6 Å². The van der Waals surface area contributed by atoms with Crippen LogP contribution in [0.25, 0.3) is 5.57 Å². The van der Waals surface area contributed by atoms with Gasteiger partial charge in [0.15, 0.2) is 0 Å². The van der Waals surface area contributed by atoms with Gasteiger partial charge in [-0.1, -0.05) is 48.9 Å². The van der Waals surface area contributed by atoms with Gasteiger partial charge >= 0.3 is 0 Å². The number of amides is 2. The summed E-state index contributed by atoms with van der Waals surface area (Å²) in [6, 6.07) is 20.2. The second-order valence-electron chi connectivity index (χ2n) is 8.24. The van der Waals surface area contributed by atoms with Gasteiger partial charge in [-0.05, 0) is 55.7 Å². The monoisotopic (exact) mass is 456 g/mol. The molecule has 0 fully saturated rings. The van der Waals surface area contributed by atoms with Gasteiger partial charge in [0.05, 0.1) is 30.7 Å². The number of benzene rings is 3. The van der Waals surface area contributed by atoms with Gasteiger partial charge in [-0.3, -0.25) is 9.59 Å². The van der Waals surface area contributed by atoms with Crippen molar-refractivity contribution in [3.8, 4) is 11.5 Å². The molecule has 1 N–H and O–H groups in total. The van der Waals surface area contributed by atoms with Gasteiger partial charge in [0.2, 0.25) is 0 Å². The molecule has 3 aromatic carbocycles. The van der Waals surface area contributed by atoms with Crippen molar-refractivity contribution in [2.24, 2.45) is 0 Å². The SMILES string of the molecule is CCCOc1cccc(N2C(=O)C(Nc3cc(C)ccc3OC)=C(c3ccc(C)cc3)C2=O)c1. The van der Waals surface area contributed by atoms with E-state index in [4.69, 9.17) is 9.47 Å². The van der Waals surface area contributed by atoms with Gasteiger partial charge < -0.3 is 14.8 Å². The number of hydrogen-bond acceptors (Lipinski definition) is 5. The molecule has 0 unspecified atom stereocenters. The summed E-state index contributed by atoms with van der Waals surface area (Å²) in [6.45, 7) is 6.51. The molecule has 0 aromatic heterocycles. The first-order valence-corrected chi connectivity index (χ1v) is 11.3. The molecule has 0 aliphatic carbocycles. The maximum absolute atomic E-state index is 13.7. The predicted octanol–water partition coefficient (Wildman–Crippen LogP) is 5.50. The fourth-order valence-electron chi connectivity index (χ4n) is 3.85. The van der Waals surface area contributed by atoms with Crippen molar-refractivity contribution in [1.29, 1.82) is 0 Å². The van der Waals surface area contributed by atoms with Crippen molar-refractivity contribution in [2.75, 3.05) is 23.9 Å². The average Bonchev–Trinajstić information content (AvgIpc) is 3.08. The molecule has 0 atom stereocenters. The second kappa shape index (κ2) is 9.83. The van der Waals surface area contributed by atoms with Gasteiger partial charge in [0.1, 0.15) is 17.2 Å². The number of aryl methyl sites for hydroxylation is 2. The Morgan fingerprint density at radius 1 is 0.882 bits per heavy atom. The van der Waals surface area contributed by atoms with Crippen molar-refractivity contribution < 1.29 is 19.1 Å². The zero-order chi connectivity index (χ0) is 24.2. The van der Waals surface area contributed by atoms with Crippen LogP contribution in [-0.2, 0) is 9.59 Å². The lowest BCUT2D eigenvalue weighted by Gasteiger charge is -2.17. The van der Waals surface area contributed by atoms with Crippen molar-refractivity contribution in [3.63, 3.8) is 0 Å². The number of imide groups is 1. The number of ether oxygens (including phenoxy) is 2. The first kappa shape index (κ1) is 23.1. The summed E-state index contributed by atoms with van der Waals surface area (Å²) in [5.41, 5.74) is 4.32. The fourth-order valence-corrected chi connectivity index (χ4v) is 3.85. The highest BCUT2D eigenvalue weighted by Crippen LogP contribution is 2.36. The standard InChI is InChI=1S/C28H28N2O4/c1-5-15-34-22-8-6-7-21(17-22)30-27(31)25(20-12-9-18(2)10-13-20)26(28(30)32)29-23-16-19(3)11-14-24(23)33-4/h6-14,16-17,29H,5,15H2,1-4H3. The Labute approximate surface area is 199 Å². The summed E-state index contributed by atoms with van der Waals surface area (Å²) >= 11 is 0. The lowest BCUT2D eigenvalue weighted by molar-refractivity contribution is -0.120. The molecule has 1 aliphatic heterocycles. The van der Waals surface area contributed by atoms with E-state index in [-0.39, 0.29) is 5.70 Å². The van der Waals surface area contributed by atoms with E-state index in [0.717, 1.165) is 17.5 Å². The van der Waals surface area contributed by atoms with Gasteiger partial charge in [-0.15, -0.1) is 0 Å². The minimum Gasteiger partial charge on any atom is -0.495 e. The zero-order valence-electron chi connectivity index (χ0n) is 19.8. The molecule has 0 saturated carbocycles. The van der Waals surface area contributed by atoms with E-state index in [1.807, 2.05) is 69.3 Å². The molecule has 2 amide bonds. The smallest absolute Gasteiger partial charge is 0.282 e. The number of methoxy groups -OCH3 is 1. The first-order valence-electron chi connectivity index (χ1n) is 11.3. The van der Waals surface area contributed by atoms with Crippen LogP contribution in [0, 0.1) is 13.8 Å². The second-order valence-corrected chi connectivity index (χ2v) is 8.24. The average molecular weight is 457 g/mol. The van der Waals surface area contributed by atoms with Crippen LogP contribution < -0.4 is 19.7 Å². The predicted molar refractivity (Wildman–Crippen MR) is 134 cm³/mol. The van der Waals surface area contributed by atoms with E-state index >= 15 is 0 Å². The topological polar surface area (TPSA) is 67.9 Å². The summed E-state index contributed by atoms with van der Waals surface area (Å²) in [6.07, 6.45) is 0.858. The van der Waals surface area contributed by atoms with Gasteiger partial charge in [-0.25, -0.2) is 4.90 Å². The highest BCUT2D eigenvalue weighted by Gasteiger charge is 2.40. The number of hydrogen-bond donors (Lipinski definition) is 1. The Morgan fingerprint density at radius 3 is 2.32 bits per heavy atom. The minimum atomic E-state index is -0.434. The largest absolute Gasteiger partial charge is 0.495 e. The third kappa shape index (κ3) is 4.53. The van der Waals surface area contributed by atoms with E-state index < -0.39 is 11.8 Å². The number of carbonyl (C=O) groups excluding carboxylic acids is 2. The Morgan fingerprint density at radius 2 is 1.62 bits per heavy atom. The lowest BCUT2D eigenvalue weighted by atomic mass is 10.0. The molecular weight excluding hydrogens is 428 g/mol. The molecule has 4 rings (SSSR count). The van der Waals surface area contributed by atoms with Crippen LogP contribution in [0.5, 0.6) is 11.5 Å². The van der Waals surface area contributed by atoms with Gasteiger partial charge in [0, 0.05) is 6.07 Å². The van der Waals surface area contributed by atoms with Crippen LogP contribution in [0.15, 0.2) is 72.4 Å². The summed E-state index contributed by atoms with van der Waals surface area (Å²) in [5, 5.41) is 3.20. The Bertz CT molecular complexity index is 1260. The summed E-state index contributed by atoms with van der Waals surface area (Å²) in [4.78, 5) is 28.6. The van der Waals surface area contributed by atoms with Gasteiger partial charge in [0.25, 0.3) is 11.8 Å². The van der Waals surface area contributed by atoms with Crippen molar-refractivity contribution in [3.05, 3.63) is 89.1 Å². The number of carbonyl (C=O) groups is 2. The maximum Gasteiger partial charge on any atom is 0.282 e. The molecule has 0 spiro atoms. The summed E-state index contributed by atoms with van der Waals surface area (Å²) in [7, 11) is 1.57. The van der Waals surface area contributed by atoms with Gasteiger partial charge in [-0.2, -0.15) is 0 Å². The van der Waals surface area contributed by atoms with E-state index in [1.54, 1.807) is 25.3 Å². The van der Waals surface area contributed by atoms with Crippen molar-refractivity contribution in [2.45, 2.75) is 27.2 Å². The zero-order valence-corrected chi connectivity index (χ0v) is 19.8. The van der Waals surface area contributed by atoms with E-state index in [2.05, 4.69) is 5.32 Å². The van der Waals surface area contributed by atoms with Crippen LogP contribution in [0.3, 0.4) is 0 Å². The molecule has 0 bridgehead atoms. The summed E-state index contributed by atoms with van der Waals surface area (Å²) in [5.74, 6) is 0.362. The minimum absolute atomic E-state index is 0.206. The van der Waals surface area contributed by atoms with Crippen LogP contribution in [-0.4, -0.2) is 25.5 Å². The molecule has 0 saturated heterocycles. The molecule has 1 aliphatic rings. The number of nitrogens with one attached hydrogen (secondary N) is 1. The number of anilines is 2. The maximum atomic E-state index is 13.7. The van der Waals surface area contributed by atoms with E-state index in [1.165, 1.54) is 4.90 Å². The van der Waals surface area contributed by atoms with E-state index in [9.17, 15) is 9.59 Å². The summed E-state index contributed by atoms with van der Waals surface area (Å²) < 4.78 is 11.2. The highest BCUT2D eigenvalue weighted by molar-refractivity contribution is 6.46. The first-order chi connectivity index (χ1) is 16.4. The highest BCUT2D eigenvalue weighted by atomic mass is 16.5. The molecule has 174 valence electrons.